The molecule has 1 fully saturated rings. The van der Waals surface area contributed by atoms with Crippen LogP contribution in [-0.2, 0) is 25.9 Å². The van der Waals surface area contributed by atoms with Gasteiger partial charge in [0.05, 0.1) is 35.9 Å². The summed E-state index contributed by atoms with van der Waals surface area (Å²) in [5.41, 5.74) is 6.52. The lowest BCUT2D eigenvalue weighted by atomic mass is 9.95. The van der Waals surface area contributed by atoms with Crippen LogP contribution < -0.4 is 10.6 Å². The third kappa shape index (κ3) is 4.73. The summed E-state index contributed by atoms with van der Waals surface area (Å²) in [5.74, 6) is 0.580. The first-order valence-corrected chi connectivity index (χ1v) is 15.2. The van der Waals surface area contributed by atoms with Crippen LogP contribution in [0.4, 0.5) is 15.9 Å². The average molecular weight is 580 g/mol. The SMILES string of the molecule is Fc1cccc(Cn2ncc3cc(Nc4ncnc5sc6c(c45)CCc4nn(CCN5CCNCC5)cc4-6)ccc32)c1. The zero-order valence-electron chi connectivity index (χ0n) is 23.1. The Bertz CT molecular complexity index is 1920. The van der Waals surface area contributed by atoms with Gasteiger partial charge in [-0.25, -0.2) is 14.4 Å². The Kier molecular flexibility index (Phi) is 6.42. The van der Waals surface area contributed by atoms with Crippen molar-refractivity contribution >= 4 is 44.0 Å². The summed E-state index contributed by atoms with van der Waals surface area (Å²) in [4.78, 5) is 14.1. The second kappa shape index (κ2) is 10.6. The molecule has 1 saturated heterocycles. The summed E-state index contributed by atoms with van der Waals surface area (Å²) in [5, 5.41) is 18.6. The molecule has 0 radical (unpaired) electrons. The summed E-state index contributed by atoms with van der Waals surface area (Å²) in [6.45, 7) is 6.75. The molecule has 0 spiro atoms. The van der Waals surface area contributed by atoms with E-state index >= 15 is 0 Å². The van der Waals surface area contributed by atoms with E-state index in [9.17, 15) is 4.39 Å². The minimum Gasteiger partial charge on any atom is -0.340 e. The van der Waals surface area contributed by atoms with E-state index < -0.39 is 0 Å². The first-order chi connectivity index (χ1) is 20.7. The molecular formula is C31H30FN9S. The van der Waals surface area contributed by atoms with Gasteiger partial charge in [0.15, 0.2) is 0 Å². The predicted molar refractivity (Wildman–Crippen MR) is 164 cm³/mol. The standard InChI is InChI=1S/C31H30FN9S/c32-22-3-1-2-20(14-22)17-41-27-7-4-23(15-21(27)16-36-41)37-30-28-24-5-6-26-25(29(24)42-31(28)35-19-34-30)18-40(38-26)13-12-39-10-8-33-9-11-39/h1-4,7,14-16,18-19,33H,5-6,8-13,17H2,(H,34,35,37). The van der Waals surface area contributed by atoms with Crippen molar-refractivity contribution in [2.75, 3.05) is 38.0 Å². The van der Waals surface area contributed by atoms with Crippen LogP contribution in [0.3, 0.4) is 0 Å². The smallest absolute Gasteiger partial charge is 0.142 e. The van der Waals surface area contributed by atoms with Crippen molar-refractivity contribution in [2.24, 2.45) is 0 Å². The molecule has 5 heterocycles. The Morgan fingerprint density at radius 1 is 1.02 bits per heavy atom. The van der Waals surface area contributed by atoms with Gasteiger partial charge in [0, 0.05) is 60.4 Å². The molecule has 0 unspecified atom stereocenters. The number of benzene rings is 2. The van der Waals surface area contributed by atoms with Crippen LogP contribution >= 0.6 is 11.3 Å². The summed E-state index contributed by atoms with van der Waals surface area (Å²) in [7, 11) is 0. The highest BCUT2D eigenvalue weighted by molar-refractivity contribution is 7.22. The van der Waals surface area contributed by atoms with Gasteiger partial charge in [-0.3, -0.25) is 14.3 Å². The van der Waals surface area contributed by atoms with Gasteiger partial charge < -0.3 is 10.6 Å². The van der Waals surface area contributed by atoms with Crippen molar-refractivity contribution in [1.82, 2.24) is 39.7 Å². The molecule has 0 saturated carbocycles. The predicted octanol–water partition coefficient (Wildman–Crippen LogP) is 4.84. The number of hydrogen-bond acceptors (Lipinski definition) is 8. The molecule has 2 N–H and O–H groups in total. The van der Waals surface area contributed by atoms with E-state index in [1.54, 1.807) is 29.8 Å². The van der Waals surface area contributed by atoms with Crippen molar-refractivity contribution in [3.05, 3.63) is 83.8 Å². The number of fused-ring (bicyclic) bond motifs is 6. The Morgan fingerprint density at radius 3 is 2.86 bits per heavy atom. The lowest BCUT2D eigenvalue weighted by molar-refractivity contribution is 0.229. The second-order valence-electron chi connectivity index (χ2n) is 11.0. The number of rotatable bonds is 7. The van der Waals surface area contributed by atoms with E-state index in [4.69, 9.17) is 5.10 Å². The van der Waals surface area contributed by atoms with Gasteiger partial charge in [-0.1, -0.05) is 12.1 Å². The van der Waals surface area contributed by atoms with Crippen molar-refractivity contribution in [3.63, 3.8) is 0 Å². The Labute approximate surface area is 246 Å². The van der Waals surface area contributed by atoms with Gasteiger partial charge in [0.1, 0.15) is 22.8 Å². The monoisotopic (exact) mass is 579 g/mol. The Morgan fingerprint density at radius 2 is 1.95 bits per heavy atom. The van der Waals surface area contributed by atoms with Crippen LogP contribution in [0.5, 0.6) is 0 Å². The van der Waals surface area contributed by atoms with Crippen molar-refractivity contribution in [2.45, 2.75) is 25.9 Å². The maximum Gasteiger partial charge on any atom is 0.142 e. The fraction of sp³-hybridized carbons (Fsp3) is 0.290. The molecule has 11 heteroatoms. The maximum atomic E-state index is 13.7. The van der Waals surface area contributed by atoms with Crippen LogP contribution in [0, 0.1) is 5.82 Å². The third-order valence-corrected chi connectivity index (χ3v) is 9.44. The van der Waals surface area contributed by atoms with Crippen LogP contribution in [0.15, 0.2) is 61.2 Å². The molecule has 1 aliphatic carbocycles. The van der Waals surface area contributed by atoms with Gasteiger partial charge in [0.2, 0.25) is 0 Å². The fourth-order valence-electron chi connectivity index (χ4n) is 6.15. The van der Waals surface area contributed by atoms with Crippen molar-refractivity contribution in [3.8, 4) is 10.4 Å². The molecule has 212 valence electrons. The first kappa shape index (κ1) is 25.5. The number of thiophene rings is 1. The third-order valence-electron chi connectivity index (χ3n) is 8.26. The van der Waals surface area contributed by atoms with Crippen molar-refractivity contribution < 1.29 is 4.39 Å². The molecule has 6 aromatic rings. The maximum absolute atomic E-state index is 13.7. The minimum absolute atomic E-state index is 0.238. The van der Waals surface area contributed by atoms with Gasteiger partial charge >= 0.3 is 0 Å². The number of nitrogens with zero attached hydrogens (tertiary/aromatic N) is 7. The second-order valence-corrected chi connectivity index (χ2v) is 12.0. The average Bonchev–Trinajstić information content (AvgIpc) is 3.72. The largest absolute Gasteiger partial charge is 0.340 e. The number of piperazine rings is 1. The molecule has 8 rings (SSSR count). The highest BCUT2D eigenvalue weighted by Gasteiger charge is 2.26. The molecule has 2 aromatic carbocycles. The quantitative estimate of drug-likeness (QED) is 0.280. The van der Waals surface area contributed by atoms with E-state index in [0.717, 1.165) is 90.3 Å². The van der Waals surface area contributed by atoms with Crippen LogP contribution in [0.25, 0.3) is 31.6 Å². The molecular weight excluding hydrogens is 549 g/mol. The molecule has 1 aliphatic heterocycles. The molecule has 4 aromatic heterocycles. The molecule has 9 nitrogen and oxygen atoms in total. The molecule has 0 bridgehead atoms. The summed E-state index contributed by atoms with van der Waals surface area (Å²) >= 11 is 1.73. The zero-order valence-corrected chi connectivity index (χ0v) is 23.9. The fourth-order valence-corrected chi connectivity index (χ4v) is 7.37. The topological polar surface area (TPSA) is 88.7 Å². The number of hydrogen-bond donors (Lipinski definition) is 2. The number of aryl methyl sites for hydroxylation is 2. The number of aromatic nitrogens is 6. The summed E-state index contributed by atoms with van der Waals surface area (Å²) in [6, 6.07) is 12.8. The normalized spacial score (nSPS) is 15.3. The summed E-state index contributed by atoms with van der Waals surface area (Å²) < 4.78 is 17.7. The van der Waals surface area contributed by atoms with E-state index in [-0.39, 0.29) is 5.82 Å². The first-order valence-electron chi connectivity index (χ1n) is 14.4. The Balaban J connectivity index is 1.06. The molecule has 42 heavy (non-hydrogen) atoms. The molecule has 0 amide bonds. The van der Waals surface area contributed by atoms with Crippen LogP contribution in [0.1, 0.15) is 16.8 Å². The Hall–Kier alpha value is -4.19. The molecule has 0 atom stereocenters. The number of halogens is 1. The zero-order chi connectivity index (χ0) is 28.0. The lowest BCUT2D eigenvalue weighted by Crippen LogP contribution is -2.44. The van der Waals surface area contributed by atoms with E-state index in [0.29, 0.717) is 6.54 Å². The number of anilines is 2. The molecule has 2 aliphatic rings. The minimum atomic E-state index is -0.238. The van der Waals surface area contributed by atoms with Gasteiger partial charge in [0.25, 0.3) is 0 Å². The van der Waals surface area contributed by atoms with Crippen molar-refractivity contribution in [1.29, 1.82) is 0 Å². The van der Waals surface area contributed by atoms with Crippen LogP contribution in [-0.4, -0.2) is 67.2 Å². The van der Waals surface area contributed by atoms with E-state index in [1.165, 1.54) is 27.8 Å². The summed E-state index contributed by atoms with van der Waals surface area (Å²) in [6.07, 6.45) is 7.55. The van der Waals surface area contributed by atoms with Gasteiger partial charge in [-0.2, -0.15) is 10.2 Å². The lowest BCUT2D eigenvalue weighted by Gasteiger charge is -2.26. The van der Waals surface area contributed by atoms with Crippen LogP contribution in [0.2, 0.25) is 0 Å². The van der Waals surface area contributed by atoms with E-state index in [1.807, 2.05) is 29.1 Å². The van der Waals surface area contributed by atoms with Gasteiger partial charge in [-0.15, -0.1) is 11.3 Å². The highest BCUT2D eigenvalue weighted by atomic mass is 32.1. The highest BCUT2D eigenvalue weighted by Crippen LogP contribution is 2.45. The number of nitrogens with one attached hydrogen (secondary N) is 2. The van der Waals surface area contributed by atoms with Gasteiger partial charge in [-0.05, 0) is 54.3 Å². The van der Waals surface area contributed by atoms with E-state index in [2.05, 4.69) is 47.5 Å².